The van der Waals surface area contributed by atoms with Crippen LogP contribution in [0.3, 0.4) is 0 Å². The molecule has 174 valence electrons. The predicted octanol–water partition coefficient (Wildman–Crippen LogP) is 3.89. The second-order valence-corrected chi connectivity index (χ2v) is 8.62. The Labute approximate surface area is 197 Å². The molecule has 0 saturated carbocycles. The van der Waals surface area contributed by atoms with Crippen molar-refractivity contribution < 1.29 is 14.4 Å². The molecule has 2 amide bonds. The summed E-state index contributed by atoms with van der Waals surface area (Å²) in [5.74, 6) is -0.614. The maximum Gasteiger partial charge on any atom is 0.284 e. The molecule has 0 saturated heterocycles. The monoisotopic (exact) mass is 467 g/mol. The van der Waals surface area contributed by atoms with Crippen molar-refractivity contribution in [3.8, 4) is 10.6 Å². The number of nitrogens with two attached hydrogens (primary N) is 1. The number of rotatable bonds is 13. The van der Waals surface area contributed by atoms with Gasteiger partial charge in [-0.1, -0.05) is 50.1 Å². The van der Waals surface area contributed by atoms with Gasteiger partial charge in [0.2, 0.25) is 5.91 Å². The first-order valence-corrected chi connectivity index (χ1v) is 12.0. The Hall–Kier alpha value is -3.33. The highest BCUT2D eigenvalue weighted by atomic mass is 32.1. The van der Waals surface area contributed by atoms with Gasteiger partial charge in [0, 0.05) is 36.2 Å². The van der Waals surface area contributed by atoms with Crippen molar-refractivity contribution in [2.24, 2.45) is 5.73 Å². The lowest BCUT2D eigenvalue weighted by Crippen LogP contribution is -2.34. The molecule has 2 aromatic heterocycles. The number of hydrogen-bond acceptors (Lipinski definition) is 6. The molecule has 1 aromatic carbocycles. The summed E-state index contributed by atoms with van der Waals surface area (Å²) in [6.07, 6.45) is 7.02. The number of nitrogens with zero attached hydrogens (tertiary/aromatic N) is 3. The number of ketones is 1. The van der Waals surface area contributed by atoms with Crippen molar-refractivity contribution in [3.63, 3.8) is 0 Å². The molecule has 3 rings (SSSR count). The van der Waals surface area contributed by atoms with E-state index in [1.807, 2.05) is 42.6 Å². The molecule has 0 bridgehead atoms. The number of primary amides is 1. The summed E-state index contributed by atoms with van der Waals surface area (Å²) in [5.41, 5.74) is 7.24. The zero-order chi connectivity index (χ0) is 23.6. The van der Waals surface area contributed by atoms with E-state index in [9.17, 15) is 14.4 Å². The molecule has 0 fully saturated rings. The second kappa shape index (κ2) is 12.1. The number of carbonyl (C=O) groups excluding carboxylic acids is 3. The summed E-state index contributed by atoms with van der Waals surface area (Å²) in [6, 6.07) is 9.25. The van der Waals surface area contributed by atoms with E-state index in [0.717, 1.165) is 35.5 Å². The van der Waals surface area contributed by atoms with Gasteiger partial charge < -0.3 is 15.6 Å². The molecule has 3 aromatic rings. The third kappa shape index (κ3) is 6.82. The summed E-state index contributed by atoms with van der Waals surface area (Å²) in [7, 11) is 0. The first-order chi connectivity index (χ1) is 16.0. The summed E-state index contributed by atoms with van der Waals surface area (Å²) in [6.45, 7) is 2.14. The van der Waals surface area contributed by atoms with Crippen LogP contribution in [-0.4, -0.2) is 32.1 Å². The van der Waals surface area contributed by atoms with Gasteiger partial charge in [0.1, 0.15) is 16.8 Å². The quantitative estimate of drug-likeness (QED) is 0.370. The molecule has 0 aliphatic carbocycles. The minimum Gasteiger partial charge on any atom is -0.363 e. The Morgan fingerprint density at radius 1 is 1.15 bits per heavy atom. The van der Waals surface area contributed by atoms with Crippen molar-refractivity contribution >= 4 is 28.9 Å². The van der Waals surface area contributed by atoms with E-state index in [1.165, 1.54) is 22.1 Å². The molecule has 0 unspecified atom stereocenters. The van der Waals surface area contributed by atoms with E-state index < -0.39 is 11.9 Å². The maximum atomic E-state index is 13.1. The number of benzene rings is 1. The number of amides is 2. The van der Waals surface area contributed by atoms with Gasteiger partial charge in [-0.25, -0.2) is 9.97 Å². The smallest absolute Gasteiger partial charge is 0.284 e. The highest BCUT2D eigenvalue weighted by Gasteiger charge is 2.24. The van der Waals surface area contributed by atoms with E-state index in [4.69, 9.17) is 5.73 Å². The predicted molar refractivity (Wildman–Crippen MR) is 128 cm³/mol. The number of hydrogen-bond donors (Lipinski definition) is 2. The van der Waals surface area contributed by atoms with Gasteiger partial charge in [-0.15, -0.1) is 11.3 Å². The second-order valence-electron chi connectivity index (χ2n) is 7.76. The number of aromatic nitrogens is 3. The van der Waals surface area contributed by atoms with Gasteiger partial charge in [-0.2, -0.15) is 0 Å². The van der Waals surface area contributed by atoms with Crippen molar-refractivity contribution in [2.45, 2.75) is 58.0 Å². The Kier molecular flexibility index (Phi) is 8.88. The molecule has 0 radical (unpaired) electrons. The molecule has 0 spiro atoms. The van der Waals surface area contributed by atoms with Crippen LogP contribution in [0.4, 0.5) is 0 Å². The molecule has 3 N–H and O–H groups in total. The zero-order valence-corrected chi connectivity index (χ0v) is 19.5. The van der Waals surface area contributed by atoms with Crippen molar-refractivity contribution in [1.82, 2.24) is 19.9 Å². The van der Waals surface area contributed by atoms with Crippen LogP contribution >= 0.6 is 11.3 Å². The van der Waals surface area contributed by atoms with Crippen LogP contribution in [0.1, 0.15) is 67.8 Å². The topological polar surface area (TPSA) is 120 Å². The zero-order valence-electron chi connectivity index (χ0n) is 18.7. The highest BCUT2D eigenvalue weighted by molar-refractivity contribution is 7.13. The van der Waals surface area contributed by atoms with Crippen LogP contribution in [0.25, 0.3) is 10.6 Å². The molecule has 1 atom stereocenters. The SMILES string of the molecule is CCC(=O)CCCCC[C@@H](C(=O)NCc1csc(-c2ccccc2)n1)n1ccnc1C(N)=O. The van der Waals surface area contributed by atoms with Gasteiger partial charge in [0.05, 0.1) is 12.2 Å². The largest absolute Gasteiger partial charge is 0.363 e. The lowest BCUT2D eigenvalue weighted by Gasteiger charge is -2.19. The number of imidazole rings is 1. The summed E-state index contributed by atoms with van der Waals surface area (Å²) in [5, 5.41) is 5.75. The molecule has 0 aliphatic heterocycles. The van der Waals surface area contributed by atoms with Crippen LogP contribution in [0.15, 0.2) is 48.1 Å². The van der Waals surface area contributed by atoms with Gasteiger partial charge in [0.25, 0.3) is 5.91 Å². The van der Waals surface area contributed by atoms with Gasteiger partial charge in [-0.3, -0.25) is 14.4 Å². The van der Waals surface area contributed by atoms with Gasteiger partial charge >= 0.3 is 0 Å². The third-order valence-electron chi connectivity index (χ3n) is 5.37. The minimum absolute atomic E-state index is 0.0522. The number of nitrogens with one attached hydrogen (secondary N) is 1. The molecule has 8 nitrogen and oxygen atoms in total. The molecule has 33 heavy (non-hydrogen) atoms. The fourth-order valence-corrected chi connectivity index (χ4v) is 4.39. The van der Waals surface area contributed by atoms with Crippen LogP contribution in [-0.2, 0) is 16.1 Å². The minimum atomic E-state index is -0.682. The number of carbonyl (C=O) groups is 3. The standard InChI is InChI=1S/C24H29N5O3S/c1-2-19(30)11-7-4-8-12-20(29-14-13-26-22(29)21(25)31)23(32)27-15-18-16-33-24(28-18)17-9-5-3-6-10-17/h3,5-6,9-10,13-14,16,20H,2,4,7-8,11-12,15H2,1H3,(H2,25,31)(H,27,32)/t20-/m0/s1. The fourth-order valence-electron chi connectivity index (χ4n) is 3.56. The molecule has 9 heteroatoms. The van der Waals surface area contributed by atoms with E-state index in [2.05, 4.69) is 15.3 Å². The lowest BCUT2D eigenvalue weighted by atomic mass is 10.0. The van der Waals surface area contributed by atoms with Gasteiger partial charge in [-0.05, 0) is 12.8 Å². The average molecular weight is 468 g/mol. The first-order valence-electron chi connectivity index (χ1n) is 11.1. The average Bonchev–Trinajstić information content (AvgIpc) is 3.50. The summed E-state index contributed by atoms with van der Waals surface area (Å²) in [4.78, 5) is 45.0. The van der Waals surface area contributed by atoms with Crippen LogP contribution in [0, 0.1) is 0 Å². The molecular weight excluding hydrogens is 438 g/mol. The van der Waals surface area contributed by atoms with E-state index >= 15 is 0 Å². The first kappa shape index (κ1) is 24.3. The Morgan fingerprint density at radius 2 is 1.94 bits per heavy atom. The van der Waals surface area contributed by atoms with Crippen molar-refractivity contribution in [2.75, 3.05) is 0 Å². The fraction of sp³-hybridized carbons (Fsp3) is 0.375. The molecular formula is C24H29N5O3S. The molecule has 2 heterocycles. The Morgan fingerprint density at radius 3 is 2.67 bits per heavy atom. The number of Topliss-reactive ketones (excluding diaryl/α,β-unsaturated/α-hetero) is 1. The van der Waals surface area contributed by atoms with E-state index in [-0.39, 0.29) is 24.1 Å². The van der Waals surface area contributed by atoms with Crippen molar-refractivity contribution in [3.05, 3.63) is 59.6 Å². The Bertz CT molecular complexity index is 1080. The number of thiazole rings is 1. The summed E-state index contributed by atoms with van der Waals surface area (Å²) >= 11 is 1.52. The van der Waals surface area contributed by atoms with Crippen molar-refractivity contribution in [1.29, 1.82) is 0 Å². The number of unbranched alkanes of at least 4 members (excludes halogenated alkanes) is 2. The highest BCUT2D eigenvalue weighted by Crippen LogP contribution is 2.24. The van der Waals surface area contributed by atoms with Crippen LogP contribution < -0.4 is 11.1 Å². The Balaban J connectivity index is 1.63. The van der Waals surface area contributed by atoms with E-state index in [0.29, 0.717) is 19.3 Å². The van der Waals surface area contributed by atoms with Gasteiger partial charge in [0.15, 0.2) is 5.82 Å². The normalized spacial score (nSPS) is 11.8. The third-order valence-corrected chi connectivity index (χ3v) is 6.31. The van der Waals surface area contributed by atoms with E-state index in [1.54, 1.807) is 6.20 Å². The maximum absolute atomic E-state index is 13.1. The van der Waals surface area contributed by atoms with Crippen LogP contribution in [0.2, 0.25) is 0 Å². The molecule has 0 aliphatic rings. The lowest BCUT2D eigenvalue weighted by molar-refractivity contribution is -0.125. The van der Waals surface area contributed by atoms with Crippen LogP contribution in [0.5, 0.6) is 0 Å². The summed E-state index contributed by atoms with van der Waals surface area (Å²) < 4.78 is 1.53.